The minimum absolute atomic E-state index is 0.0167. The van der Waals surface area contributed by atoms with Gasteiger partial charge in [-0.15, -0.1) is 0 Å². The number of hydrogen-bond acceptors (Lipinski definition) is 5. The number of aryl methyl sites for hydroxylation is 1. The molecule has 1 aromatic heterocycles. The summed E-state index contributed by atoms with van der Waals surface area (Å²) < 4.78 is 41.2. The molecule has 0 aliphatic carbocycles. The molecule has 2 aromatic rings. The number of nitrogens with zero attached hydrogens (tertiary/aromatic N) is 3. The van der Waals surface area contributed by atoms with Gasteiger partial charge in [0.25, 0.3) is 0 Å². The summed E-state index contributed by atoms with van der Waals surface area (Å²) in [6, 6.07) is 2.05. The van der Waals surface area contributed by atoms with Crippen LogP contribution >= 0.6 is 15.9 Å². The van der Waals surface area contributed by atoms with Gasteiger partial charge in [0.2, 0.25) is 10.0 Å². The number of halogens is 2. The zero-order chi connectivity index (χ0) is 14.9. The quantitative estimate of drug-likeness (QED) is 0.781. The lowest BCUT2D eigenvalue weighted by molar-refractivity contribution is 0.578. The molecule has 7 nitrogen and oxygen atoms in total. The fraction of sp³-hybridized carbons (Fsp3) is 0.200. The molecule has 0 aliphatic rings. The van der Waals surface area contributed by atoms with Crippen molar-refractivity contribution in [2.45, 2.75) is 11.4 Å². The summed E-state index contributed by atoms with van der Waals surface area (Å²) in [7, 11) is -2.21. The van der Waals surface area contributed by atoms with Gasteiger partial charge in [-0.25, -0.2) is 22.5 Å². The normalized spacial score (nSPS) is 11.8. The first-order valence-electron chi connectivity index (χ1n) is 5.38. The van der Waals surface area contributed by atoms with Crippen LogP contribution in [0.5, 0.6) is 0 Å². The number of anilines is 1. The smallest absolute Gasteiger partial charge is 0.243 e. The van der Waals surface area contributed by atoms with E-state index in [9.17, 15) is 12.8 Å². The van der Waals surface area contributed by atoms with Crippen LogP contribution in [-0.2, 0) is 23.6 Å². The van der Waals surface area contributed by atoms with E-state index in [4.69, 9.17) is 5.73 Å². The van der Waals surface area contributed by atoms with Crippen molar-refractivity contribution >= 4 is 31.6 Å². The van der Waals surface area contributed by atoms with Crippen LogP contribution in [0, 0.1) is 5.82 Å². The van der Waals surface area contributed by atoms with Crippen molar-refractivity contribution in [3.8, 4) is 0 Å². The average molecular weight is 364 g/mol. The first-order valence-corrected chi connectivity index (χ1v) is 7.66. The van der Waals surface area contributed by atoms with Gasteiger partial charge in [-0.05, 0) is 28.1 Å². The maximum Gasteiger partial charge on any atom is 0.243 e. The van der Waals surface area contributed by atoms with Crippen LogP contribution < -0.4 is 10.5 Å². The molecule has 3 N–H and O–H groups in total. The van der Waals surface area contributed by atoms with Crippen LogP contribution in [0.1, 0.15) is 5.82 Å². The Hall–Kier alpha value is -1.52. The fourth-order valence-electron chi connectivity index (χ4n) is 1.48. The number of nitrogens with two attached hydrogens (primary N) is 1. The van der Waals surface area contributed by atoms with Crippen molar-refractivity contribution in [3.05, 3.63) is 34.6 Å². The maximum absolute atomic E-state index is 13.2. The van der Waals surface area contributed by atoms with E-state index in [0.717, 1.165) is 12.1 Å². The van der Waals surface area contributed by atoms with E-state index in [1.807, 2.05) is 0 Å². The summed E-state index contributed by atoms with van der Waals surface area (Å²) in [5, 5.41) is 3.94. The SMILES string of the molecule is Cn1cnc(CNS(=O)(=O)c2cc(Br)c(F)cc2N)n1. The molecule has 0 atom stereocenters. The van der Waals surface area contributed by atoms with Crippen molar-refractivity contribution in [1.29, 1.82) is 0 Å². The van der Waals surface area contributed by atoms with Gasteiger partial charge in [0.15, 0.2) is 5.82 Å². The highest BCUT2D eigenvalue weighted by Crippen LogP contribution is 2.26. The van der Waals surface area contributed by atoms with E-state index in [1.54, 1.807) is 7.05 Å². The third-order valence-electron chi connectivity index (χ3n) is 2.41. The average Bonchev–Trinajstić information content (AvgIpc) is 2.77. The first kappa shape index (κ1) is 14.9. The van der Waals surface area contributed by atoms with Crippen LogP contribution in [0.3, 0.4) is 0 Å². The second-order valence-electron chi connectivity index (χ2n) is 3.96. The predicted molar refractivity (Wildman–Crippen MR) is 73.5 cm³/mol. The molecule has 108 valence electrons. The molecule has 0 amide bonds. The second kappa shape index (κ2) is 5.46. The molecule has 2 rings (SSSR count). The predicted octanol–water partition coefficient (Wildman–Crippen LogP) is 0.777. The number of nitrogens with one attached hydrogen (secondary N) is 1. The van der Waals surface area contributed by atoms with Crippen molar-refractivity contribution in [2.24, 2.45) is 7.05 Å². The summed E-state index contributed by atoms with van der Waals surface area (Å²) >= 11 is 2.92. The van der Waals surface area contributed by atoms with Gasteiger partial charge in [-0.3, -0.25) is 4.68 Å². The van der Waals surface area contributed by atoms with Crippen molar-refractivity contribution in [3.63, 3.8) is 0 Å². The van der Waals surface area contributed by atoms with Gasteiger partial charge in [0, 0.05) is 7.05 Å². The van der Waals surface area contributed by atoms with E-state index >= 15 is 0 Å². The Balaban J connectivity index is 2.24. The number of nitrogen functional groups attached to an aromatic ring is 1. The Kier molecular flexibility index (Phi) is 4.06. The molecule has 0 saturated heterocycles. The number of benzene rings is 1. The molecule has 10 heteroatoms. The largest absolute Gasteiger partial charge is 0.398 e. The number of hydrogen-bond donors (Lipinski definition) is 2. The summed E-state index contributed by atoms with van der Waals surface area (Å²) in [5.74, 6) is -0.316. The minimum atomic E-state index is -3.88. The second-order valence-corrected chi connectivity index (χ2v) is 6.55. The lowest BCUT2D eigenvalue weighted by atomic mass is 10.3. The zero-order valence-corrected chi connectivity index (χ0v) is 12.7. The topological polar surface area (TPSA) is 103 Å². The zero-order valence-electron chi connectivity index (χ0n) is 10.3. The van der Waals surface area contributed by atoms with Crippen LogP contribution in [0.15, 0.2) is 27.8 Å². The minimum Gasteiger partial charge on any atom is -0.398 e. The Morgan fingerprint density at radius 2 is 2.20 bits per heavy atom. The van der Waals surface area contributed by atoms with Crippen LogP contribution in [0.25, 0.3) is 0 Å². The van der Waals surface area contributed by atoms with Gasteiger partial charge in [-0.2, -0.15) is 5.10 Å². The van der Waals surface area contributed by atoms with Crippen molar-refractivity contribution < 1.29 is 12.8 Å². The molecule has 1 aromatic carbocycles. The lowest BCUT2D eigenvalue weighted by Gasteiger charge is -2.09. The number of sulfonamides is 1. The Morgan fingerprint density at radius 3 is 2.80 bits per heavy atom. The Morgan fingerprint density at radius 1 is 1.50 bits per heavy atom. The third kappa shape index (κ3) is 3.14. The standard InChI is InChI=1S/C10H11BrFN5O2S/c1-17-5-14-10(16-17)4-15-20(18,19)9-2-6(11)7(12)3-8(9)13/h2-3,5,15H,4,13H2,1H3. The Labute approximate surface area is 123 Å². The van der Waals surface area contributed by atoms with Crippen LogP contribution in [-0.4, -0.2) is 23.2 Å². The lowest BCUT2D eigenvalue weighted by Crippen LogP contribution is -2.25. The van der Waals surface area contributed by atoms with E-state index in [0.29, 0.717) is 5.82 Å². The van der Waals surface area contributed by atoms with E-state index < -0.39 is 15.8 Å². The van der Waals surface area contributed by atoms with Gasteiger partial charge < -0.3 is 5.73 Å². The van der Waals surface area contributed by atoms with Crippen LogP contribution in [0.4, 0.5) is 10.1 Å². The maximum atomic E-state index is 13.2. The number of rotatable bonds is 4. The fourth-order valence-corrected chi connectivity index (χ4v) is 3.09. The molecule has 20 heavy (non-hydrogen) atoms. The highest BCUT2D eigenvalue weighted by Gasteiger charge is 2.20. The monoisotopic (exact) mass is 363 g/mol. The van der Waals surface area contributed by atoms with Crippen LogP contribution in [0.2, 0.25) is 0 Å². The first-order chi connectivity index (χ1) is 9.29. The van der Waals surface area contributed by atoms with Gasteiger partial charge in [-0.1, -0.05) is 0 Å². The van der Waals surface area contributed by atoms with E-state index in [-0.39, 0.29) is 21.6 Å². The molecular formula is C10H11BrFN5O2S. The molecule has 1 heterocycles. The molecule has 0 spiro atoms. The summed E-state index contributed by atoms with van der Waals surface area (Å²) in [6.45, 7) is -0.0857. The molecule has 0 fully saturated rings. The highest BCUT2D eigenvalue weighted by molar-refractivity contribution is 9.10. The summed E-state index contributed by atoms with van der Waals surface area (Å²) in [6.07, 6.45) is 1.45. The Bertz CT molecular complexity index is 746. The third-order valence-corrected chi connectivity index (χ3v) is 4.47. The molecule has 0 bridgehead atoms. The van der Waals surface area contributed by atoms with Gasteiger partial charge in [0.1, 0.15) is 17.0 Å². The van der Waals surface area contributed by atoms with Crippen molar-refractivity contribution in [1.82, 2.24) is 19.5 Å². The molecule has 0 saturated carbocycles. The van der Waals surface area contributed by atoms with Gasteiger partial charge >= 0.3 is 0 Å². The van der Waals surface area contributed by atoms with E-state index in [2.05, 4.69) is 30.7 Å². The molecule has 0 unspecified atom stereocenters. The summed E-state index contributed by atoms with van der Waals surface area (Å²) in [4.78, 5) is 3.68. The highest BCUT2D eigenvalue weighted by atomic mass is 79.9. The van der Waals surface area contributed by atoms with Crippen molar-refractivity contribution in [2.75, 3.05) is 5.73 Å². The molecule has 0 radical (unpaired) electrons. The molecule has 0 aliphatic heterocycles. The summed E-state index contributed by atoms with van der Waals surface area (Å²) in [5.41, 5.74) is 5.36. The number of aromatic nitrogens is 3. The van der Waals surface area contributed by atoms with Gasteiger partial charge in [0.05, 0.1) is 16.7 Å². The molecular weight excluding hydrogens is 353 g/mol. The van der Waals surface area contributed by atoms with E-state index in [1.165, 1.54) is 11.0 Å².